The Balaban J connectivity index is 2.64. The molecule has 0 amide bonds. The third-order valence-electron chi connectivity index (χ3n) is 3.83. The first kappa shape index (κ1) is 15.0. The van der Waals surface area contributed by atoms with Gasteiger partial charge in [0.2, 0.25) is 0 Å². The van der Waals surface area contributed by atoms with Crippen molar-refractivity contribution in [1.29, 1.82) is 0 Å². The Morgan fingerprint density at radius 2 is 1.76 bits per heavy atom. The van der Waals surface area contributed by atoms with E-state index in [0.29, 0.717) is 17.0 Å². The summed E-state index contributed by atoms with van der Waals surface area (Å²) in [7, 11) is 0. The van der Waals surface area contributed by atoms with Crippen LogP contribution in [0.2, 0.25) is 0 Å². The lowest BCUT2D eigenvalue weighted by Crippen LogP contribution is -2.59. The van der Waals surface area contributed by atoms with Gasteiger partial charge in [-0.25, -0.2) is 0 Å². The van der Waals surface area contributed by atoms with Gasteiger partial charge in [0, 0.05) is 31.2 Å². The smallest absolute Gasteiger partial charge is 0.0218 e. The van der Waals surface area contributed by atoms with Crippen molar-refractivity contribution in [2.75, 3.05) is 19.6 Å². The Morgan fingerprint density at radius 3 is 2.24 bits per heavy atom. The van der Waals surface area contributed by atoms with Gasteiger partial charge >= 0.3 is 0 Å². The molecule has 17 heavy (non-hydrogen) atoms. The Labute approximate surface area is 108 Å². The summed E-state index contributed by atoms with van der Waals surface area (Å²) in [4.78, 5) is 2.68. The number of piperazine rings is 1. The third-order valence-corrected chi connectivity index (χ3v) is 3.83. The first-order chi connectivity index (χ1) is 7.62. The molecule has 1 aliphatic rings. The van der Waals surface area contributed by atoms with Crippen LogP contribution in [0.5, 0.6) is 0 Å². The summed E-state index contributed by atoms with van der Waals surface area (Å²) < 4.78 is 0. The van der Waals surface area contributed by atoms with Gasteiger partial charge in [0.05, 0.1) is 0 Å². The fourth-order valence-electron chi connectivity index (χ4n) is 3.18. The lowest BCUT2D eigenvalue weighted by Gasteiger charge is -2.47. The van der Waals surface area contributed by atoms with Crippen LogP contribution in [0, 0.1) is 11.3 Å². The second kappa shape index (κ2) is 5.27. The van der Waals surface area contributed by atoms with Gasteiger partial charge < -0.3 is 5.32 Å². The van der Waals surface area contributed by atoms with Crippen molar-refractivity contribution in [2.24, 2.45) is 11.3 Å². The molecular formula is C15H32N2. The lowest BCUT2D eigenvalue weighted by atomic mass is 9.80. The molecule has 1 fully saturated rings. The van der Waals surface area contributed by atoms with Gasteiger partial charge in [-0.05, 0) is 31.6 Å². The van der Waals surface area contributed by atoms with E-state index in [4.69, 9.17) is 0 Å². The molecule has 2 nitrogen and oxygen atoms in total. The van der Waals surface area contributed by atoms with Crippen LogP contribution in [0.15, 0.2) is 0 Å². The van der Waals surface area contributed by atoms with Gasteiger partial charge in [-0.2, -0.15) is 0 Å². The van der Waals surface area contributed by atoms with Crippen molar-refractivity contribution in [3.05, 3.63) is 0 Å². The predicted molar refractivity (Wildman–Crippen MR) is 76.4 cm³/mol. The Morgan fingerprint density at radius 1 is 1.18 bits per heavy atom. The molecular weight excluding hydrogens is 208 g/mol. The minimum absolute atomic E-state index is 0.313. The van der Waals surface area contributed by atoms with Crippen molar-refractivity contribution >= 4 is 0 Å². The van der Waals surface area contributed by atoms with Crippen LogP contribution in [0.25, 0.3) is 0 Å². The van der Waals surface area contributed by atoms with Crippen LogP contribution in [0.3, 0.4) is 0 Å². The molecule has 0 aromatic rings. The fourth-order valence-corrected chi connectivity index (χ4v) is 3.18. The molecule has 0 radical (unpaired) electrons. The van der Waals surface area contributed by atoms with Crippen LogP contribution in [0.1, 0.15) is 54.9 Å². The van der Waals surface area contributed by atoms with Crippen molar-refractivity contribution in [3.63, 3.8) is 0 Å². The van der Waals surface area contributed by atoms with Crippen molar-refractivity contribution < 1.29 is 0 Å². The third kappa shape index (κ3) is 4.59. The monoisotopic (exact) mass is 240 g/mol. The molecule has 1 rings (SSSR count). The second-order valence-electron chi connectivity index (χ2n) is 7.80. The summed E-state index contributed by atoms with van der Waals surface area (Å²) in [6.45, 7) is 20.0. The number of hydrogen-bond donors (Lipinski definition) is 1. The summed E-state index contributed by atoms with van der Waals surface area (Å²) in [5, 5.41) is 3.64. The van der Waals surface area contributed by atoms with Gasteiger partial charge in [0.1, 0.15) is 0 Å². The zero-order valence-corrected chi connectivity index (χ0v) is 12.9. The molecule has 1 atom stereocenters. The van der Waals surface area contributed by atoms with E-state index < -0.39 is 0 Å². The van der Waals surface area contributed by atoms with Gasteiger partial charge in [0.15, 0.2) is 0 Å². The topological polar surface area (TPSA) is 15.3 Å². The summed E-state index contributed by atoms with van der Waals surface area (Å²) in [6.07, 6.45) is 1.25. The first-order valence-electron chi connectivity index (χ1n) is 7.10. The first-order valence-corrected chi connectivity index (χ1v) is 7.10. The largest absolute Gasteiger partial charge is 0.311 e. The average Bonchev–Trinajstić information content (AvgIpc) is 2.14. The molecule has 0 aromatic carbocycles. The molecule has 0 bridgehead atoms. The number of nitrogens with one attached hydrogen (secondary N) is 1. The highest BCUT2D eigenvalue weighted by Gasteiger charge is 2.34. The molecule has 1 N–H and O–H groups in total. The van der Waals surface area contributed by atoms with E-state index in [9.17, 15) is 0 Å². The maximum absolute atomic E-state index is 3.64. The second-order valence-corrected chi connectivity index (χ2v) is 7.80. The van der Waals surface area contributed by atoms with E-state index in [2.05, 4.69) is 58.7 Å². The molecule has 102 valence electrons. The Hall–Kier alpha value is -0.0800. The molecule has 2 heteroatoms. The average molecular weight is 240 g/mol. The minimum atomic E-state index is 0.313. The van der Waals surface area contributed by atoms with Crippen molar-refractivity contribution in [3.8, 4) is 0 Å². The van der Waals surface area contributed by atoms with E-state index in [1.807, 2.05) is 0 Å². The summed E-state index contributed by atoms with van der Waals surface area (Å²) >= 11 is 0. The lowest BCUT2D eigenvalue weighted by molar-refractivity contribution is 0.0423. The van der Waals surface area contributed by atoms with Crippen LogP contribution in [0.4, 0.5) is 0 Å². The quantitative estimate of drug-likeness (QED) is 0.815. The number of rotatable bonds is 3. The molecule has 0 aliphatic carbocycles. The van der Waals surface area contributed by atoms with Crippen LogP contribution >= 0.6 is 0 Å². The highest BCUT2D eigenvalue weighted by atomic mass is 15.2. The van der Waals surface area contributed by atoms with E-state index in [1.54, 1.807) is 0 Å². The summed E-state index contributed by atoms with van der Waals surface area (Å²) in [5.41, 5.74) is 0.717. The van der Waals surface area contributed by atoms with Crippen molar-refractivity contribution in [2.45, 2.75) is 66.5 Å². The molecule has 1 unspecified atom stereocenters. The fraction of sp³-hybridized carbons (Fsp3) is 1.00. The number of hydrogen-bond acceptors (Lipinski definition) is 2. The summed E-state index contributed by atoms with van der Waals surface area (Å²) in [6, 6.07) is 0.656. The van der Waals surface area contributed by atoms with Crippen LogP contribution in [-0.2, 0) is 0 Å². The summed E-state index contributed by atoms with van der Waals surface area (Å²) in [5.74, 6) is 0.725. The molecule has 1 aliphatic heterocycles. The van der Waals surface area contributed by atoms with Crippen LogP contribution < -0.4 is 5.32 Å². The zero-order chi connectivity index (χ0) is 13.3. The predicted octanol–water partition coefficient (Wildman–Crippen LogP) is 3.13. The Kier molecular flexibility index (Phi) is 4.65. The van der Waals surface area contributed by atoms with Gasteiger partial charge in [-0.15, -0.1) is 0 Å². The zero-order valence-electron chi connectivity index (χ0n) is 12.9. The van der Waals surface area contributed by atoms with Gasteiger partial charge in [0.25, 0.3) is 0 Å². The van der Waals surface area contributed by atoms with E-state index in [0.717, 1.165) is 12.5 Å². The molecule has 1 saturated heterocycles. The molecule has 0 aromatic heterocycles. The number of nitrogens with zero attached hydrogens (tertiary/aromatic N) is 1. The van der Waals surface area contributed by atoms with Gasteiger partial charge in [-0.1, -0.05) is 34.6 Å². The Bertz CT molecular complexity index is 238. The minimum Gasteiger partial charge on any atom is -0.311 e. The molecule has 1 heterocycles. The normalized spacial score (nSPS) is 24.4. The SMILES string of the molecule is CC(C)C1CN(C(C)(C)CC(C)(C)C)CCN1. The highest BCUT2D eigenvalue weighted by molar-refractivity contribution is 4.91. The highest BCUT2D eigenvalue weighted by Crippen LogP contribution is 2.32. The van der Waals surface area contributed by atoms with E-state index in [1.165, 1.54) is 19.5 Å². The van der Waals surface area contributed by atoms with Crippen molar-refractivity contribution in [1.82, 2.24) is 10.2 Å². The van der Waals surface area contributed by atoms with Gasteiger partial charge in [-0.3, -0.25) is 4.90 Å². The van der Waals surface area contributed by atoms with Crippen LogP contribution in [-0.4, -0.2) is 36.1 Å². The maximum Gasteiger partial charge on any atom is 0.0218 e. The maximum atomic E-state index is 3.64. The standard InChI is InChI=1S/C15H32N2/c1-12(2)13-10-17(9-8-16-13)15(6,7)11-14(3,4)5/h12-13,16H,8-11H2,1-7H3. The van der Waals surface area contributed by atoms with E-state index in [-0.39, 0.29) is 0 Å². The molecule has 0 saturated carbocycles. The molecule has 0 spiro atoms. The van der Waals surface area contributed by atoms with E-state index >= 15 is 0 Å².